The van der Waals surface area contributed by atoms with Gasteiger partial charge in [-0.2, -0.15) is 0 Å². The first kappa shape index (κ1) is 10.8. The molecule has 2 aromatic heterocycles. The van der Waals surface area contributed by atoms with Crippen LogP contribution in [0.4, 0.5) is 0 Å². The van der Waals surface area contributed by atoms with Crippen molar-refractivity contribution in [1.82, 2.24) is 20.0 Å². The van der Waals surface area contributed by atoms with Crippen LogP contribution in [0.2, 0.25) is 0 Å². The molecule has 0 aliphatic carbocycles. The van der Waals surface area contributed by atoms with Crippen LogP contribution < -0.4 is 5.73 Å². The molecular formula is C11H15N5. The lowest BCUT2D eigenvalue weighted by Crippen LogP contribution is -2.18. The lowest BCUT2D eigenvalue weighted by Gasteiger charge is -2.11. The van der Waals surface area contributed by atoms with E-state index in [1.54, 1.807) is 12.4 Å². The van der Waals surface area contributed by atoms with Crippen molar-refractivity contribution < 1.29 is 0 Å². The third kappa shape index (κ3) is 2.09. The average Bonchev–Trinajstić information content (AvgIpc) is 2.78. The molecule has 2 aromatic rings. The summed E-state index contributed by atoms with van der Waals surface area (Å²) >= 11 is 0. The summed E-state index contributed by atoms with van der Waals surface area (Å²) in [4.78, 5) is 4.24. The molecule has 0 aromatic carbocycles. The van der Waals surface area contributed by atoms with E-state index < -0.39 is 0 Å². The van der Waals surface area contributed by atoms with Gasteiger partial charge in [0, 0.05) is 12.7 Å². The lowest BCUT2D eigenvalue weighted by atomic mass is 10.1. The minimum atomic E-state index is -0.261. The Balaban J connectivity index is 2.27. The Kier molecular flexibility index (Phi) is 3.26. The van der Waals surface area contributed by atoms with E-state index in [0.29, 0.717) is 0 Å². The van der Waals surface area contributed by atoms with Crippen LogP contribution in [0.25, 0.3) is 0 Å². The van der Waals surface area contributed by atoms with Crippen LogP contribution >= 0.6 is 0 Å². The fourth-order valence-electron chi connectivity index (χ4n) is 1.60. The van der Waals surface area contributed by atoms with Crippen LogP contribution in [0.1, 0.15) is 30.8 Å². The highest BCUT2D eigenvalue weighted by Crippen LogP contribution is 2.15. The SMILES string of the molecule is CCCn1nncc1C(N)c1ccccn1. The molecule has 0 saturated heterocycles. The van der Waals surface area contributed by atoms with E-state index in [4.69, 9.17) is 5.73 Å². The Labute approximate surface area is 94.3 Å². The normalized spacial score (nSPS) is 12.6. The van der Waals surface area contributed by atoms with Crippen molar-refractivity contribution in [2.24, 2.45) is 5.73 Å². The van der Waals surface area contributed by atoms with E-state index in [1.807, 2.05) is 22.9 Å². The van der Waals surface area contributed by atoms with E-state index in [1.165, 1.54) is 0 Å². The van der Waals surface area contributed by atoms with E-state index in [9.17, 15) is 0 Å². The van der Waals surface area contributed by atoms with Gasteiger partial charge >= 0.3 is 0 Å². The highest BCUT2D eigenvalue weighted by atomic mass is 15.4. The standard InChI is InChI=1S/C11H15N5/c1-2-7-16-10(8-14-15-16)11(12)9-5-3-4-6-13-9/h3-6,8,11H,2,7,12H2,1H3. The largest absolute Gasteiger partial charge is 0.318 e. The maximum Gasteiger partial charge on any atom is 0.0913 e. The van der Waals surface area contributed by atoms with Crippen molar-refractivity contribution in [3.8, 4) is 0 Å². The van der Waals surface area contributed by atoms with Gasteiger partial charge in [0.25, 0.3) is 0 Å². The van der Waals surface area contributed by atoms with E-state index >= 15 is 0 Å². The first-order chi connectivity index (χ1) is 7.83. The first-order valence-electron chi connectivity index (χ1n) is 5.37. The molecule has 1 unspecified atom stereocenters. The summed E-state index contributed by atoms with van der Waals surface area (Å²) in [6, 6.07) is 5.45. The summed E-state index contributed by atoms with van der Waals surface area (Å²) in [5.74, 6) is 0. The smallest absolute Gasteiger partial charge is 0.0913 e. The molecule has 2 heterocycles. The van der Waals surface area contributed by atoms with E-state index in [0.717, 1.165) is 24.4 Å². The van der Waals surface area contributed by atoms with Crippen LogP contribution in [-0.4, -0.2) is 20.0 Å². The molecule has 0 saturated carbocycles. The number of nitrogens with zero attached hydrogens (tertiary/aromatic N) is 4. The van der Waals surface area contributed by atoms with Gasteiger partial charge in [0.05, 0.1) is 23.6 Å². The number of hydrogen-bond acceptors (Lipinski definition) is 4. The molecule has 0 aliphatic rings. The predicted octanol–water partition coefficient (Wildman–Crippen LogP) is 1.13. The fraction of sp³-hybridized carbons (Fsp3) is 0.364. The molecule has 0 spiro atoms. The summed E-state index contributed by atoms with van der Waals surface area (Å²) < 4.78 is 1.83. The molecule has 5 heteroatoms. The van der Waals surface area contributed by atoms with Crippen molar-refractivity contribution in [3.63, 3.8) is 0 Å². The van der Waals surface area contributed by atoms with Crippen LogP contribution in [0.5, 0.6) is 0 Å². The monoisotopic (exact) mass is 217 g/mol. The molecule has 1 atom stereocenters. The maximum absolute atomic E-state index is 6.13. The molecule has 84 valence electrons. The molecule has 0 aliphatic heterocycles. The minimum absolute atomic E-state index is 0.261. The van der Waals surface area contributed by atoms with Crippen molar-refractivity contribution in [3.05, 3.63) is 42.0 Å². The number of hydrogen-bond donors (Lipinski definition) is 1. The fourth-order valence-corrected chi connectivity index (χ4v) is 1.60. The third-order valence-electron chi connectivity index (χ3n) is 2.41. The highest BCUT2D eigenvalue weighted by Gasteiger charge is 2.15. The molecular weight excluding hydrogens is 202 g/mol. The zero-order valence-corrected chi connectivity index (χ0v) is 9.24. The second kappa shape index (κ2) is 4.85. The number of nitrogens with two attached hydrogens (primary N) is 1. The number of aromatic nitrogens is 4. The quantitative estimate of drug-likeness (QED) is 0.833. The van der Waals surface area contributed by atoms with Gasteiger partial charge in [-0.05, 0) is 18.6 Å². The summed E-state index contributed by atoms with van der Waals surface area (Å²) in [5, 5.41) is 7.90. The first-order valence-corrected chi connectivity index (χ1v) is 5.37. The molecule has 16 heavy (non-hydrogen) atoms. The second-order valence-corrected chi connectivity index (χ2v) is 3.61. The Morgan fingerprint density at radius 2 is 2.31 bits per heavy atom. The molecule has 0 radical (unpaired) electrons. The zero-order chi connectivity index (χ0) is 11.4. The highest BCUT2D eigenvalue weighted by molar-refractivity contribution is 5.18. The summed E-state index contributed by atoms with van der Waals surface area (Å²) in [5.41, 5.74) is 7.87. The Bertz CT molecular complexity index is 437. The van der Waals surface area contributed by atoms with Crippen molar-refractivity contribution in [2.75, 3.05) is 0 Å². The Morgan fingerprint density at radius 1 is 1.44 bits per heavy atom. The molecule has 0 bridgehead atoms. The lowest BCUT2D eigenvalue weighted by molar-refractivity contribution is 0.541. The van der Waals surface area contributed by atoms with Gasteiger partial charge in [-0.1, -0.05) is 18.2 Å². The minimum Gasteiger partial charge on any atom is -0.318 e. The van der Waals surface area contributed by atoms with Crippen molar-refractivity contribution in [2.45, 2.75) is 25.9 Å². The van der Waals surface area contributed by atoms with E-state index in [-0.39, 0.29) is 6.04 Å². The van der Waals surface area contributed by atoms with Gasteiger partial charge < -0.3 is 5.73 Å². The van der Waals surface area contributed by atoms with Crippen LogP contribution in [0, 0.1) is 0 Å². The van der Waals surface area contributed by atoms with Crippen LogP contribution in [0.3, 0.4) is 0 Å². The predicted molar refractivity (Wildman–Crippen MR) is 60.6 cm³/mol. The van der Waals surface area contributed by atoms with E-state index in [2.05, 4.69) is 22.2 Å². The zero-order valence-electron chi connectivity index (χ0n) is 9.24. The van der Waals surface area contributed by atoms with Crippen LogP contribution in [0.15, 0.2) is 30.6 Å². The Hall–Kier alpha value is -1.75. The summed E-state index contributed by atoms with van der Waals surface area (Å²) in [6.45, 7) is 2.92. The summed E-state index contributed by atoms with van der Waals surface area (Å²) in [6.07, 6.45) is 4.45. The molecule has 0 amide bonds. The number of pyridine rings is 1. The number of aryl methyl sites for hydroxylation is 1. The van der Waals surface area contributed by atoms with Crippen molar-refractivity contribution >= 4 is 0 Å². The maximum atomic E-state index is 6.13. The van der Waals surface area contributed by atoms with Gasteiger partial charge in [-0.3, -0.25) is 4.98 Å². The molecule has 0 fully saturated rings. The van der Waals surface area contributed by atoms with Gasteiger partial charge in [0.1, 0.15) is 0 Å². The van der Waals surface area contributed by atoms with Gasteiger partial charge in [-0.25, -0.2) is 4.68 Å². The van der Waals surface area contributed by atoms with Crippen LogP contribution in [-0.2, 0) is 6.54 Å². The summed E-state index contributed by atoms with van der Waals surface area (Å²) in [7, 11) is 0. The topological polar surface area (TPSA) is 69.6 Å². The number of rotatable bonds is 4. The molecule has 2 N–H and O–H groups in total. The average molecular weight is 217 g/mol. The molecule has 2 rings (SSSR count). The molecule has 5 nitrogen and oxygen atoms in total. The van der Waals surface area contributed by atoms with Gasteiger partial charge in [-0.15, -0.1) is 5.10 Å². The Morgan fingerprint density at radius 3 is 3.00 bits per heavy atom. The van der Waals surface area contributed by atoms with Gasteiger partial charge in [0.15, 0.2) is 0 Å². The third-order valence-corrected chi connectivity index (χ3v) is 2.41. The second-order valence-electron chi connectivity index (χ2n) is 3.61. The van der Waals surface area contributed by atoms with Gasteiger partial charge in [0.2, 0.25) is 0 Å². The van der Waals surface area contributed by atoms with Crippen molar-refractivity contribution in [1.29, 1.82) is 0 Å².